The topological polar surface area (TPSA) is 96.7 Å². The summed E-state index contributed by atoms with van der Waals surface area (Å²) in [5, 5.41) is 14.6. The molecule has 7 heteroatoms. The molecule has 0 aromatic heterocycles. The van der Waals surface area contributed by atoms with Gasteiger partial charge in [-0.05, 0) is 29.5 Å². The number of aliphatic hydroxyl groups excluding tert-OH is 1. The first-order valence-electron chi connectivity index (χ1n) is 14.6. The Bertz CT molecular complexity index is 981. The normalized spacial score (nSPS) is 23.1. The second kappa shape index (κ2) is 18.6. The first-order chi connectivity index (χ1) is 19.2. The van der Waals surface area contributed by atoms with Crippen molar-refractivity contribution in [3.8, 4) is 0 Å². The summed E-state index contributed by atoms with van der Waals surface area (Å²) >= 11 is 0. The summed E-state index contributed by atoms with van der Waals surface area (Å²) in [4.78, 5) is 2.96. The minimum atomic E-state index is -1.29. The average molecular weight is 536 g/mol. The van der Waals surface area contributed by atoms with Crippen molar-refractivity contribution in [3.05, 3.63) is 94.4 Å². The summed E-state index contributed by atoms with van der Waals surface area (Å²) in [7, 11) is 0. The third-order valence-electron chi connectivity index (χ3n) is 7.13. The molecule has 0 saturated carbocycles. The highest BCUT2D eigenvalue weighted by molar-refractivity contribution is 5.15. The lowest BCUT2D eigenvalue weighted by Gasteiger charge is -2.42. The number of azide groups is 1. The summed E-state index contributed by atoms with van der Waals surface area (Å²) in [6, 6.07) is 18.8. The molecule has 2 aromatic rings. The van der Waals surface area contributed by atoms with E-state index in [-0.39, 0.29) is 0 Å². The lowest BCUT2D eigenvalue weighted by molar-refractivity contribution is -0.253. The number of hydrogen-bond donors (Lipinski definition) is 1. The SMILES string of the molecule is CCCCCCCCCCC/C=C\[C@H]1OC(O)[C@H](N=[N+]=[N-])[C@H](OCc2ccccc2)[C@@H]1OCc1ccccc1. The van der Waals surface area contributed by atoms with E-state index in [0.717, 1.165) is 24.0 Å². The molecule has 0 amide bonds. The van der Waals surface area contributed by atoms with Gasteiger partial charge >= 0.3 is 0 Å². The number of allylic oxidation sites excluding steroid dienone is 1. The Morgan fingerprint density at radius 3 is 1.92 bits per heavy atom. The maximum Gasteiger partial charge on any atom is 0.166 e. The fourth-order valence-corrected chi connectivity index (χ4v) is 4.92. The zero-order chi connectivity index (χ0) is 27.5. The van der Waals surface area contributed by atoms with Gasteiger partial charge in [0.05, 0.1) is 13.2 Å². The Hall–Kier alpha value is -2.67. The molecule has 0 aliphatic carbocycles. The molecule has 1 N–H and O–H groups in total. The molecule has 1 fully saturated rings. The van der Waals surface area contributed by atoms with Crippen LogP contribution in [0.15, 0.2) is 77.9 Å². The summed E-state index contributed by atoms with van der Waals surface area (Å²) in [6.07, 6.45) is 13.5. The number of rotatable bonds is 18. The fourth-order valence-electron chi connectivity index (χ4n) is 4.92. The van der Waals surface area contributed by atoms with E-state index in [9.17, 15) is 10.6 Å². The zero-order valence-electron chi connectivity index (χ0n) is 23.3. The second-order valence-corrected chi connectivity index (χ2v) is 10.3. The summed E-state index contributed by atoms with van der Waals surface area (Å²) in [5.74, 6) is 0. The third kappa shape index (κ3) is 11.1. The van der Waals surface area contributed by atoms with E-state index < -0.39 is 30.6 Å². The van der Waals surface area contributed by atoms with E-state index in [1.165, 1.54) is 51.4 Å². The largest absolute Gasteiger partial charge is 0.370 e. The lowest BCUT2D eigenvalue weighted by atomic mass is 9.95. The molecule has 0 bridgehead atoms. The van der Waals surface area contributed by atoms with Crippen LogP contribution in [0.1, 0.15) is 82.3 Å². The van der Waals surface area contributed by atoms with Crippen LogP contribution in [0.25, 0.3) is 10.4 Å². The molecule has 7 nitrogen and oxygen atoms in total. The molecule has 39 heavy (non-hydrogen) atoms. The minimum Gasteiger partial charge on any atom is -0.370 e. The minimum absolute atomic E-state index is 0.301. The zero-order valence-corrected chi connectivity index (χ0v) is 23.3. The van der Waals surface area contributed by atoms with Crippen LogP contribution in [0, 0.1) is 0 Å². The van der Waals surface area contributed by atoms with Crippen LogP contribution in [0.4, 0.5) is 0 Å². The van der Waals surface area contributed by atoms with E-state index in [4.69, 9.17) is 14.2 Å². The molecule has 1 saturated heterocycles. The van der Waals surface area contributed by atoms with E-state index >= 15 is 0 Å². The average Bonchev–Trinajstić information content (AvgIpc) is 2.96. The Balaban J connectivity index is 1.62. The number of unbranched alkanes of at least 4 members (excludes halogenated alkanes) is 9. The van der Waals surface area contributed by atoms with Crippen LogP contribution in [-0.2, 0) is 27.4 Å². The van der Waals surface area contributed by atoms with Gasteiger partial charge in [0.1, 0.15) is 24.4 Å². The van der Waals surface area contributed by atoms with Gasteiger partial charge in [-0.3, -0.25) is 0 Å². The van der Waals surface area contributed by atoms with E-state index in [1.807, 2.05) is 66.7 Å². The smallest absolute Gasteiger partial charge is 0.166 e. The maximum atomic E-state index is 10.8. The lowest BCUT2D eigenvalue weighted by Crippen LogP contribution is -2.58. The van der Waals surface area contributed by atoms with Crippen molar-refractivity contribution in [2.45, 2.75) is 115 Å². The van der Waals surface area contributed by atoms with Crippen molar-refractivity contribution in [2.75, 3.05) is 0 Å². The third-order valence-corrected chi connectivity index (χ3v) is 7.13. The highest BCUT2D eigenvalue weighted by Crippen LogP contribution is 2.30. The Morgan fingerprint density at radius 1 is 0.821 bits per heavy atom. The van der Waals surface area contributed by atoms with Gasteiger partial charge in [-0.1, -0.05) is 136 Å². The van der Waals surface area contributed by atoms with E-state index in [0.29, 0.717) is 13.2 Å². The van der Waals surface area contributed by atoms with Crippen LogP contribution < -0.4 is 0 Å². The van der Waals surface area contributed by atoms with Crippen molar-refractivity contribution in [1.82, 2.24) is 0 Å². The van der Waals surface area contributed by atoms with Gasteiger partial charge in [-0.25, -0.2) is 0 Å². The van der Waals surface area contributed by atoms with E-state index in [2.05, 4.69) is 23.0 Å². The number of ether oxygens (including phenoxy) is 3. The molecule has 3 rings (SSSR count). The maximum absolute atomic E-state index is 10.8. The van der Waals surface area contributed by atoms with Gasteiger partial charge < -0.3 is 19.3 Å². The molecule has 1 aliphatic heterocycles. The highest BCUT2D eigenvalue weighted by Gasteiger charge is 2.45. The van der Waals surface area contributed by atoms with Gasteiger partial charge in [0.2, 0.25) is 0 Å². The Morgan fingerprint density at radius 2 is 1.36 bits per heavy atom. The molecule has 2 aromatic carbocycles. The summed E-state index contributed by atoms with van der Waals surface area (Å²) in [5.41, 5.74) is 11.2. The highest BCUT2D eigenvalue weighted by atomic mass is 16.6. The van der Waals surface area contributed by atoms with Crippen molar-refractivity contribution >= 4 is 0 Å². The number of nitrogens with zero attached hydrogens (tertiary/aromatic N) is 3. The standard InChI is InChI=1S/C32H45N3O4/c1-2-3-4-5-6-7-8-9-10-11-18-23-28-30(37-24-26-19-14-12-15-20-26)31(29(34-35-33)32(36)39-28)38-25-27-21-16-13-17-22-27/h12-23,28-32,36H,2-11,24-25H2,1H3/b23-18-/t28-,29-,30-,31+,32?/m1/s1. The first kappa shape index (κ1) is 30.9. The van der Waals surface area contributed by atoms with Gasteiger partial charge in [0.15, 0.2) is 6.29 Å². The summed E-state index contributed by atoms with van der Waals surface area (Å²) < 4.78 is 18.6. The van der Waals surface area contributed by atoms with Crippen molar-refractivity contribution in [2.24, 2.45) is 5.11 Å². The Labute approximate surface area is 233 Å². The predicted octanol–water partition coefficient (Wildman–Crippen LogP) is 8.03. The molecule has 1 heterocycles. The Kier molecular flexibility index (Phi) is 14.7. The van der Waals surface area contributed by atoms with Gasteiger partial charge in [0, 0.05) is 4.91 Å². The predicted molar refractivity (Wildman–Crippen MR) is 155 cm³/mol. The van der Waals surface area contributed by atoms with Crippen LogP contribution in [0.5, 0.6) is 0 Å². The van der Waals surface area contributed by atoms with Crippen molar-refractivity contribution in [3.63, 3.8) is 0 Å². The quantitative estimate of drug-likeness (QED) is 0.0687. The van der Waals surface area contributed by atoms with Crippen LogP contribution in [0.3, 0.4) is 0 Å². The van der Waals surface area contributed by atoms with Crippen LogP contribution >= 0.6 is 0 Å². The summed E-state index contributed by atoms with van der Waals surface area (Å²) in [6.45, 7) is 2.90. The van der Waals surface area contributed by atoms with Crippen molar-refractivity contribution < 1.29 is 19.3 Å². The molecule has 0 spiro atoms. The molecular weight excluding hydrogens is 490 g/mol. The fraction of sp³-hybridized carbons (Fsp3) is 0.562. The first-order valence-corrected chi connectivity index (χ1v) is 14.6. The molecule has 0 radical (unpaired) electrons. The molecule has 1 unspecified atom stereocenters. The molecular formula is C32H45N3O4. The van der Waals surface area contributed by atoms with Crippen LogP contribution in [0.2, 0.25) is 0 Å². The number of hydrogen-bond acceptors (Lipinski definition) is 5. The molecule has 1 aliphatic rings. The van der Waals surface area contributed by atoms with Gasteiger partial charge in [0.25, 0.3) is 0 Å². The number of aliphatic hydroxyl groups is 1. The van der Waals surface area contributed by atoms with E-state index in [1.54, 1.807) is 0 Å². The number of benzene rings is 2. The second-order valence-electron chi connectivity index (χ2n) is 10.3. The molecule has 5 atom stereocenters. The van der Waals surface area contributed by atoms with Gasteiger partial charge in [-0.2, -0.15) is 0 Å². The monoisotopic (exact) mass is 535 g/mol. The molecule has 212 valence electrons. The van der Waals surface area contributed by atoms with Crippen molar-refractivity contribution in [1.29, 1.82) is 0 Å². The van der Waals surface area contributed by atoms with Gasteiger partial charge in [-0.15, -0.1) is 0 Å². The van der Waals surface area contributed by atoms with Crippen LogP contribution in [-0.4, -0.2) is 35.8 Å².